The maximum absolute atomic E-state index is 3.09. The Balaban J connectivity index is 0.000000845. The summed E-state index contributed by atoms with van der Waals surface area (Å²) in [7, 11) is 0. The van der Waals surface area contributed by atoms with Crippen molar-refractivity contribution in [2.45, 2.75) is 0 Å². The van der Waals surface area contributed by atoms with Crippen LogP contribution in [0.3, 0.4) is 0 Å². The SMILES string of the molecule is [Br-].[C+]1=C([n+]2ccccc2)C=C[NH+]=C1. The van der Waals surface area contributed by atoms with Gasteiger partial charge in [-0.1, -0.05) is 6.07 Å². The predicted octanol–water partition coefficient (Wildman–Crippen LogP) is -3.70. The maximum Gasteiger partial charge on any atom is 0.442 e. The van der Waals surface area contributed by atoms with Gasteiger partial charge < -0.3 is 17.0 Å². The van der Waals surface area contributed by atoms with E-state index in [1.165, 1.54) is 0 Å². The lowest BCUT2D eigenvalue weighted by atomic mass is 10.3. The van der Waals surface area contributed by atoms with Gasteiger partial charge in [0.1, 0.15) is 0 Å². The summed E-state index contributed by atoms with van der Waals surface area (Å²) >= 11 is 0. The summed E-state index contributed by atoms with van der Waals surface area (Å²) in [6, 6.07) is 5.97. The molecule has 1 aliphatic heterocycles. The van der Waals surface area contributed by atoms with Crippen molar-refractivity contribution < 1.29 is 26.5 Å². The predicted molar refractivity (Wildman–Crippen MR) is 45.7 cm³/mol. The van der Waals surface area contributed by atoms with Crippen LogP contribution in [0.5, 0.6) is 0 Å². The molecule has 2 heterocycles. The Labute approximate surface area is 87.7 Å². The molecule has 0 saturated carbocycles. The summed E-state index contributed by atoms with van der Waals surface area (Å²) < 4.78 is 2.01. The van der Waals surface area contributed by atoms with Crippen molar-refractivity contribution in [2.75, 3.05) is 0 Å². The third-order valence-electron chi connectivity index (χ3n) is 1.63. The van der Waals surface area contributed by atoms with Gasteiger partial charge in [0.05, 0.1) is 0 Å². The summed E-state index contributed by atoms with van der Waals surface area (Å²) in [6.45, 7) is 0. The summed E-state index contributed by atoms with van der Waals surface area (Å²) in [5, 5.41) is 0. The minimum absolute atomic E-state index is 0. The molecular formula is C10H9BrN2+2. The Morgan fingerprint density at radius 3 is 2.54 bits per heavy atom. The van der Waals surface area contributed by atoms with Crippen molar-refractivity contribution in [3.8, 4) is 0 Å². The van der Waals surface area contributed by atoms with Crippen LogP contribution >= 0.6 is 0 Å². The number of pyridine rings is 1. The van der Waals surface area contributed by atoms with Crippen molar-refractivity contribution in [3.63, 3.8) is 0 Å². The summed E-state index contributed by atoms with van der Waals surface area (Å²) in [5.74, 6) is 0. The van der Waals surface area contributed by atoms with Crippen LogP contribution < -0.4 is 26.5 Å². The van der Waals surface area contributed by atoms with Gasteiger partial charge in [-0.15, -0.1) is 4.57 Å². The Kier molecular flexibility index (Phi) is 3.50. The summed E-state index contributed by atoms with van der Waals surface area (Å²) in [4.78, 5) is 2.93. The highest BCUT2D eigenvalue weighted by atomic mass is 79.9. The fourth-order valence-corrected chi connectivity index (χ4v) is 1.06. The van der Waals surface area contributed by atoms with Gasteiger partial charge in [0.15, 0.2) is 12.4 Å². The molecule has 0 unspecified atom stereocenters. The van der Waals surface area contributed by atoms with Gasteiger partial charge in [-0.2, -0.15) is 4.99 Å². The Morgan fingerprint density at radius 2 is 1.92 bits per heavy atom. The average molecular weight is 237 g/mol. The van der Waals surface area contributed by atoms with Gasteiger partial charge in [-0.25, -0.2) is 0 Å². The first-order valence-corrected chi connectivity index (χ1v) is 3.81. The molecule has 0 bridgehead atoms. The minimum atomic E-state index is 0. The van der Waals surface area contributed by atoms with E-state index in [-0.39, 0.29) is 17.0 Å². The Bertz CT molecular complexity index is 352. The first kappa shape index (κ1) is 9.78. The second kappa shape index (κ2) is 4.65. The van der Waals surface area contributed by atoms with E-state index in [1.807, 2.05) is 47.4 Å². The monoisotopic (exact) mass is 236 g/mol. The van der Waals surface area contributed by atoms with Crippen LogP contribution in [-0.4, -0.2) is 6.21 Å². The Morgan fingerprint density at radius 1 is 1.15 bits per heavy atom. The molecule has 1 aromatic rings. The number of nitrogens with one attached hydrogen (secondary N) is 1. The van der Waals surface area contributed by atoms with E-state index in [4.69, 9.17) is 0 Å². The zero-order chi connectivity index (χ0) is 8.23. The molecule has 1 aliphatic rings. The van der Waals surface area contributed by atoms with Gasteiger partial charge in [-0.3, -0.25) is 0 Å². The lowest BCUT2D eigenvalue weighted by molar-refractivity contribution is -0.579. The Hall–Kier alpha value is -1.31. The topological polar surface area (TPSA) is 17.9 Å². The standard InChI is InChI=1S/C10H8N2.BrH/c1-2-8-12(9-3-1)10-4-6-11-7-5-10;/h1-4,6-9H;1H/q+2;. The molecule has 2 rings (SSSR count). The highest BCUT2D eigenvalue weighted by Crippen LogP contribution is 1.92. The molecule has 0 atom stereocenters. The van der Waals surface area contributed by atoms with Gasteiger partial charge in [0, 0.05) is 12.1 Å². The van der Waals surface area contributed by atoms with Crippen LogP contribution in [-0.2, 0) is 0 Å². The van der Waals surface area contributed by atoms with Gasteiger partial charge in [0.2, 0.25) is 6.08 Å². The molecule has 0 amide bonds. The van der Waals surface area contributed by atoms with Crippen molar-refractivity contribution in [1.29, 1.82) is 0 Å². The third-order valence-corrected chi connectivity index (χ3v) is 1.63. The van der Waals surface area contributed by atoms with Crippen LogP contribution in [0.1, 0.15) is 0 Å². The van der Waals surface area contributed by atoms with Gasteiger partial charge in [-0.05, 0) is 0 Å². The van der Waals surface area contributed by atoms with Gasteiger partial charge >= 0.3 is 11.9 Å². The summed E-state index contributed by atoms with van der Waals surface area (Å²) in [5.41, 5.74) is 1.04. The molecule has 64 valence electrons. The number of aromatic nitrogens is 1. The number of hydrogen-bond acceptors (Lipinski definition) is 0. The fourth-order valence-electron chi connectivity index (χ4n) is 1.06. The van der Waals surface area contributed by atoms with Crippen LogP contribution in [0.15, 0.2) is 42.9 Å². The smallest absolute Gasteiger partial charge is 0.442 e. The fraction of sp³-hybridized carbons (Fsp3) is 0. The molecule has 0 saturated heterocycles. The molecule has 2 nitrogen and oxygen atoms in total. The number of halogens is 1. The molecular weight excluding hydrogens is 228 g/mol. The molecule has 0 spiro atoms. The molecule has 1 aromatic heterocycles. The molecule has 3 heteroatoms. The highest BCUT2D eigenvalue weighted by molar-refractivity contribution is 5.71. The van der Waals surface area contributed by atoms with E-state index in [2.05, 4.69) is 11.1 Å². The zero-order valence-corrected chi connectivity index (χ0v) is 8.53. The molecule has 0 radical (unpaired) electrons. The van der Waals surface area contributed by atoms with Gasteiger partial charge in [0.25, 0.3) is 12.3 Å². The van der Waals surface area contributed by atoms with Crippen molar-refractivity contribution in [1.82, 2.24) is 0 Å². The van der Waals surface area contributed by atoms with Crippen LogP contribution in [0.25, 0.3) is 5.70 Å². The van der Waals surface area contributed by atoms with Crippen molar-refractivity contribution in [3.05, 3.63) is 48.9 Å². The first-order chi connectivity index (χ1) is 5.97. The molecule has 13 heavy (non-hydrogen) atoms. The van der Waals surface area contributed by atoms with Crippen LogP contribution in [0.2, 0.25) is 0 Å². The van der Waals surface area contributed by atoms with E-state index in [0.717, 1.165) is 5.70 Å². The van der Waals surface area contributed by atoms with E-state index in [9.17, 15) is 0 Å². The highest BCUT2D eigenvalue weighted by Gasteiger charge is 2.19. The van der Waals surface area contributed by atoms with E-state index >= 15 is 0 Å². The van der Waals surface area contributed by atoms with E-state index in [0.29, 0.717) is 0 Å². The first-order valence-electron chi connectivity index (χ1n) is 3.81. The third kappa shape index (κ3) is 2.31. The zero-order valence-electron chi connectivity index (χ0n) is 6.94. The number of nitrogens with zero attached hydrogens (tertiary/aromatic N) is 1. The second-order valence-electron chi connectivity index (χ2n) is 2.46. The van der Waals surface area contributed by atoms with E-state index < -0.39 is 0 Å². The van der Waals surface area contributed by atoms with Crippen LogP contribution in [0.4, 0.5) is 0 Å². The largest absolute Gasteiger partial charge is 1.00 e. The molecule has 0 aromatic carbocycles. The maximum atomic E-state index is 3.09. The molecule has 0 fully saturated rings. The summed E-state index contributed by atoms with van der Waals surface area (Å²) in [6.07, 6.45) is 12.7. The van der Waals surface area contributed by atoms with E-state index in [1.54, 1.807) is 6.21 Å². The second-order valence-corrected chi connectivity index (χ2v) is 2.46. The molecule has 0 aliphatic carbocycles. The van der Waals surface area contributed by atoms with Crippen molar-refractivity contribution in [2.24, 2.45) is 0 Å². The number of rotatable bonds is 1. The lowest BCUT2D eigenvalue weighted by Gasteiger charge is -1.84. The quantitative estimate of drug-likeness (QED) is 0.383. The lowest BCUT2D eigenvalue weighted by Crippen LogP contribution is -3.00. The van der Waals surface area contributed by atoms with Crippen molar-refractivity contribution >= 4 is 11.9 Å². The number of allylic oxidation sites excluding steroid dienone is 3. The number of hydrogen-bond donors (Lipinski definition) is 1. The minimum Gasteiger partial charge on any atom is -1.00 e. The average Bonchev–Trinajstić information content (AvgIpc) is 2.21. The van der Waals surface area contributed by atoms with Crippen LogP contribution in [0, 0.1) is 6.08 Å². The normalized spacial score (nSPS) is 12.8. The molecule has 1 N–H and O–H groups in total.